The highest BCUT2D eigenvalue weighted by Crippen LogP contribution is 2.23. The van der Waals surface area contributed by atoms with Crippen LogP contribution in [-0.2, 0) is 22.6 Å². The van der Waals surface area contributed by atoms with Gasteiger partial charge in [-0.3, -0.25) is 9.69 Å². The van der Waals surface area contributed by atoms with Gasteiger partial charge >= 0.3 is 0 Å². The Morgan fingerprint density at radius 3 is 2.51 bits per heavy atom. The van der Waals surface area contributed by atoms with Gasteiger partial charge in [0.25, 0.3) is 0 Å². The molecule has 1 amide bonds. The van der Waals surface area contributed by atoms with Gasteiger partial charge in [0.2, 0.25) is 6.41 Å². The number of morpholine rings is 1. The fourth-order valence-corrected chi connectivity index (χ4v) is 4.60. The van der Waals surface area contributed by atoms with Gasteiger partial charge in [0, 0.05) is 31.6 Å². The Kier molecular flexibility index (Phi) is 12.3. The van der Waals surface area contributed by atoms with Crippen molar-refractivity contribution in [2.45, 2.75) is 26.9 Å². The number of primary amides is 1. The highest BCUT2D eigenvalue weighted by atomic mass is 32.1. The third-order valence-electron chi connectivity index (χ3n) is 5.21. The number of amides is 1. The van der Waals surface area contributed by atoms with Crippen molar-refractivity contribution < 1.29 is 13.9 Å². The van der Waals surface area contributed by atoms with Crippen molar-refractivity contribution in [2.75, 3.05) is 40.4 Å². The van der Waals surface area contributed by atoms with Crippen LogP contribution >= 0.6 is 11.3 Å². The van der Waals surface area contributed by atoms with Gasteiger partial charge in [-0.25, -0.2) is 9.38 Å². The molecule has 2 heterocycles. The molecule has 1 aromatic heterocycles. The van der Waals surface area contributed by atoms with E-state index in [1.54, 1.807) is 30.4 Å². The van der Waals surface area contributed by atoms with E-state index in [-0.39, 0.29) is 12.2 Å². The largest absolute Gasteiger partial charge is 0.379 e. The molecule has 9 heteroatoms. The molecule has 1 aliphatic rings. The van der Waals surface area contributed by atoms with Gasteiger partial charge in [-0.05, 0) is 68.9 Å². The number of ether oxygens (including phenoxy) is 1. The molecule has 0 bridgehead atoms. The minimum Gasteiger partial charge on any atom is -0.379 e. The van der Waals surface area contributed by atoms with Crippen molar-refractivity contribution in [3.63, 3.8) is 0 Å². The molecule has 1 aliphatic heterocycles. The Bertz CT molecular complexity index is 1120. The van der Waals surface area contributed by atoms with Crippen LogP contribution in [0.15, 0.2) is 52.8 Å². The fraction of sp³-hybridized carbons (Fsp3) is 0.385. The van der Waals surface area contributed by atoms with Gasteiger partial charge in [0.1, 0.15) is 5.82 Å². The average Bonchev–Trinajstić information content (AvgIpc) is 3.26. The lowest BCUT2D eigenvalue weighted by molar-refractivity contribution is -0.106. The summed E-state index contributed by atoms with van der Waals surface area (Å²) in [4.78, 5) is 16.7. The van der Waals surface area contributed by atoms with Crippen molar-refractivity contribution in [3.8, 4) is 11.3 Å². The van der Waals surface area contributed by atoms with E-state index < -0.39 is 0 Å². The standard InChI is InChI=1S/C23H26FN3OS.C2H7N.CH3NO/c1-3-27-22(16-29-23(27)25-20-7-8-21(24)17(2)13-20)19-6-4-5-18(14-19)15-26-9-11-28-12-10-26;1-3-2;2-1-3/h4-8,13-14,16H,3,9-12,15H2,1-2H3;3H,1-2H3;1H,(H2,2,3). The lowest BCUT2D eigenvalue weighted by Crippen LogP contribution is -2.35. The number of hydrogen-bond donors (Lipinski definition) is 2. The maximum atomic E-state index is 13.6. The second-order valence-corrected chi connectivity index (χ2v) is 8.75. The van der Waals surface area contributed by atoms with Crippen molar-refractivity contribution in [3.05, 3.63) is 69.6 Å². The summed E-state index contributed by atoms with van der Waals surface area (Å²) >= 11 is 1.62. The number of rotatable bonds is 5. The molecular weight excluding hydrogens is 465 g/mol. The van der Waals surface area contributed by atoms with Crippen LogP contribution in [0.3, 0.4) is 0 Å². The zero-order valence-corrected chi connectivity index (χ0v) is 21.8. The van der Waals surface area contributed by atoms with Crippen LogP contribution in [0.1, 0.15) is 18.1 Å². The Balaban J connectivity index is 0.000000655. The summed E-state index contributed by atoms with van der Waals surface area (Å²) in [5.41, 5.74) is 9.23. The van der Waals surface area contributed by atoms with Crippen LogP contribution in [-0.4, -0.2) is 56.3 Å². The van der Waals surface area contributed by atoms with Crippen LogP contribution in [0.5, 0.6) is 0 Å². The zero-order chi connectivity index (χ0) is 25.6. The van der Waals surface area contributed by atoms with Gasteiger partial charge in [0.15, 0.2) is 4.80 Å². The molecule has 35 heavy (non-hydrogen) atoms. The second kappa shape index (κ2) is 15.2. The first kappa shape index (κ1) is 28.4. The van der Waals surface area contributed by atoms with E-state index >= 15 is 0 Å². The van der Waals surface area contributed by atoms with Gasteiger partial charge in [-0.15, -0.1) is 11.3 Å². The molecule has 1 fully saturated rings. The molecule has 0 unspecified atom stereocenters. The molecule has 0 radical (unpaired) electrons. The second-order valence-electron chi connectivity index (χ2n) is 7.92. The smallest absolute Gasteiger partial charge is 0.204 e. The molecule has 4 rings (SSSR count). The van der Waals surface area contributed by atoms with Crippen molar-refractivity contribution in [1.82, 2.24) is 14.8 Å². The number of benzene rings is 2. The molecule has 0 atom stereocenters. The summed E-state index contributed by atoms with van der Waals surface area (Å²) in [5.74, 6) is -0.198. The number of nitrogens with one attached hydrogen (secondary N) is 1. The molecular formula is C26H36FN5O2S. The molecule has 0 spiro atoms. The van der Waals surface area contributed by atoms with Crippen LogP contribution in [0.4, 0.5) is 10.1 Å². The van der Waals surface area contributed by atoms with Gasteiger partial charge in [-0.2, -0.15) is 0 Å². The number of aromatic nitrogens is 1. The van der Waals surface area contributed by atoms with Gasteiger partial charge < -0.3 is 20.4 Å². The maximum Gasteiger partial charge on any atom is 0.204 e. The van der Waals surface area contributed by atoms with E-state index in [1.807, 2.05) is 14.1 Å². The molecule has 2 aromatic carbocycles. The topological polar surface area (TPSA) is 84.9 Å². The summed E-state index contributed by atoms with van der Waals surface area (Å²) in [5, 5.41) is 4.91. The molecule has 7 nitrogen and oxygen atoms in total. The summed E-state index contributed by atoms with van der Waals surface area (Å²) < 4.78 is 21.2. The average molecular weight is 502 g/mol. The summed E-state index contributed by atoms with van der Waals surface area (Å²) in [6, 6.07) is 13.7. The summed E-state index contributed by atoms with van der Waals surface area (Å²) in [7, 11) is 3.75. The van der Waals surface area contributed by atoms with E-state index in [9.17, 15) is 4.39 Å². The zero-order valence-electron chi connectivity index (χ0n) is 21.0. The molecule has 3 N–H and O–H groups in total. The molecule has 190 valence electrons. The fourth-order valence-electron chi connectivity index (χ4n) is 3.61. The predicted octanol–water partition coefficient (Wildman–Crippen LogP) is 3.69. The number of nitrogens with zero attached hydrogens (tertiary/aromatic N) is 3. The van der Waals surface area contributed by atoms with Crippen LogP contribution < -0.4 is 15.9 Å². The molecule has 3 aromatic rings. The molecule has 1 saturated heterocycles. The monoisotopic (exact) mass is 501 g/mol. The van der Waals surface area contributed by atoms with Crippen LogP contribution in [0.25, 0.3) is 11.3 Å². The predicted molar refractivity (Wildman–Crippen MR) is 141 cm³/mol. The first-order valence-corrected chi connectivity index (χ1v) is 12.5. The number of halogens is 1. The Hall–Kier alpha value is -2.85. The SMILES string of the molecule is CCn1c(-c2cccc(CN3CCOCC3)c2)csc1=Nc1ccc(F)c(C)c1.CNC.NC=O. The number of carbonyl (C=O) groups excluding carboxylic acids is 1. The minimum atomic E-state index is -0.198. The van der Waals surface area contributed by atoms with Crippen LogP contribution in [0.2, 0.25) is 0 Å². The number of aryl methyl sites for hydroxylation is 1. The van der Waals surface area contributed by atoms with Gasteiger partial charge in [0.05, 0.1) is 24.6 Å². The Morgan fingerprint density at radius 1 is 1.20 bits per heavy atom. The Morgan fingerprint density at radius 2 is 1.89 bits per heavy atom. The maximum absolute atomic E-state index is 13.6. The number of thiazole rings is 1. The first-order chi connectivity index (χ1) is 17.0. The van der Waals surface area contributed by atoms with E-state index in [0.717, 1.165) is 49.9 Å². The van der Waals surface area contributed by atoms with Crippen molar-refractivity contribution in [1.29, 1.82) is 0 Å². The first-order valence-electron chi connectivity index (χ1n) is 11.6. The van der Waals surface area contributed by atoms with E-state index in [4.69, 9.17) is 14.5 Å². The summed E-state index contributed by atoms with van der Waals surface area (Å²) in [6.45, 7) is 9.26. The highest BCUT2D eigenvalue weighted by molar-refractivity contribution is 7.07. The Labute approximate surface area is 211 Å². The van der Waals surface area contributed by atoms with Gasteiger partial charge in [-0.1, -0.05) is 18.2 Å². The number of nitrogens with two attached hydrogens (primary N) is 1. The number of carbonyl (C=O) groups is 1. The molecule has 0 aliphatic carbocycles. The summed E-state index contributed by atoms with van der Waals surface area (Å²) in [6.07, 6.45) is 0.250. The quantitative estimate of drug-likeness (QED) is 0.523. The van der Waals surface area contributed by atoms with Crippen LogP contribution in [0, 0.1) is 12.7 Å². The van der Waals surface area contributed by atoms with Crippen molar-refractivity contribution in [2.24, 2.45) is 10.7 Å². The lowest BCUT2D eigenvalue weighted by Gasteiger charge is -2.26. The van der Waals surface area contributed by atoms with Crippen molar-refractivity contribution >= 4 is 23.4 Å². The highest BCUT2D eigenvalue weighted by Gasteiger charge is 2.12. The lowest BCUT2D eigenvalue weighted by atomic mass is 10.1. The third-order valence-corrected chi connectivity index (χ3v) is 6.08. The van der Waals surface area contributed by atoms with E-state index in [1.165, 1.54) is 22.9 Å². The minimum absolute atomic E-state index is 0.198. The molecule has 0 saturated carbocycles. The van der Waals surface area contributed by atoms with E-state index in [2.05, 4.69) is 57.1 Å². The normalized spacial score (nSPS) is 13.9. The van der Waals surface area contributed by atoms with E-state index in [0.29, 0.717) is 5.56 Å². The third kappa shape index (κ3) is 8.70. The number of hydrogen-bond acceptors (Lipinski definition) is 6.